The van der Waals surface area contributed by atoms with Gasteiger partial charge in [-0.3, -0.25) is 4.79 Å². The maximum atomic E-state index is 12.5. The molecule has 0 unspecified atom stereocenters. The quantitative estimate of drug-likeness (QED) is 0.825. The first-order valence-corrected chi connectivity index (χ1v) is 8.53. The van der Waals surface area contributed by atoms with Gasteiger partial charge in [-0.15, -0.1) is 0 Å². The number of thioether (sulfide) groups is 1. The van der Waals surface area contributed by atoms with Crippen LogP contribution in [0.4, 0.5) is 0 Å². The summed E-state index contributed by atoms with van der Waals surface area (Å²) in [4.78, 5) is 14.7. The van der Waals surface area contributed by atoms with Crippen molar-refractivity contribution in [2.24, 2.45) is 5.73 Å². The predicted octanol–water partition coefficient (Wildman–Crippen LogP) is 2.67. The number of benzene rings is 1. The summed E-state index contributed by atoms with van der Waals surface area (Å²) in [7, 11) is 0. The number of likely N-dealkylation sites (tertiary alicyclic amines) is 1. The molecule has 0 aliphatic carbocycles. The van der Waals surface area contributed by atoms with Crippen molar-refractivity contribution in [2.45, 2.75) is 17.6 Å². The van der Waals surface area contributed by atoms with E-state index in [1.165, 1.54) is 12.1 Å². The molecular weight excluding hydrogens is 328 g/mol. The summed E-state index contributed by atoms with van der Waals surface area (Å²) in [6.07, 6.45) is 3.42. The number of nitrogens with two attached hydrogens (primary N) is 1. The lowest BCUT2D eigenvalue weighted by Crippen LogP contribution is -2.50. The van der Waals surface area contributed by atoms with E-state index in [2.05, 4.69) is 0 Å². The molecule has 0 radical (unpaired) electrons. The molecule has 114 valence electrons. The molecule has 3 N–H and O–H groups in total. The van der Waals surface area contributed by atoms with E-state index in [-0.39, 0.29) is 22.0 Å². The second kappa shape index (κ2) is 6.42. The van der Waals surface area contributed by atoms with E-state index in [1.807, 2.05) is 6.26 Å². The van der Waals surface area contributed by atoms with E-state index in [0.29, 0.717) is 23.1 Å². The SMILES string of the molecule is CSC1(C(N)=S)CCN(C(=O)c2cc(Cl)ccc2O)CC1. The van der Waals surface area contributed by atoms with E-state index in [1.54, 1.807) is 22.7 Å². The Morgan fingerprint density at radius 3 is 2.62 bits per heavy atom. The zero-order valence-electron chi connectivity index (χ0n) is 11.6. The van der Waals surface area contributed by atoms with Gasteiger partial charge in [0, 0.05) is 18.1 Å². The van der Waals surface area contributed by atoms with Crippen LogP contribution in [0, 0.1) is 0 Å². The number of nitrogens with zero attached hydrogens (tertiary/aromatic N) is 1. The van der Waals surface area contributed by atoms with E-state index in [0.717, 1.165) is 12.8 Å². The van der Waals surface area contributed by atoms with Crippen molar-refractivity contribution >= 4 is 46.5 Å². The molecule has 0 saturated carbocycles. The van der Waals surface area contributed by atoms with Crippen LogP contribution in [0.1, 0.15) is 23.2 Å². The molecular formula is C14H17ClN2O2S2. The van der Waals surface area contributed by atoms with Gasteiger partial charge >= 0.3 is 0 Å². The smallest absolute Gasteiger partial charge is 0.257 e. The number of amides is 1. The Bertz CT molecular complexity index is 572. The van der Waals surface area contributed by atoms with Gasteiger partial charge in [-0.1, -0.05) is 23.8 Å². The van der Waals surface area contributed by atoms with Crippen molar-refractivity contribution in [1.29, 1.82) is 0 Å². The summed E-state index contributed by atoms with van der Waals surface area (Å²) in [5.41, 5.74) is 6.07. The monoisotopic (exact) mass is 344 g/mol. The third-order valence-corrected chi connectivity index (χ3v) is 6.05. The van der Waals surface area contributed by atoms with Gasteiger partial charge in [0.15, 0.2) is 0 Å². The van der Waals surface area contributed by atoms with Crippen molar-refractivity contribution in [3.63, 3.8) is 0 Å². The lowest BCUT2D eigenvalue weighted by Gasteiger charge is -2.40. The first-order valence-electron chi connectivity index (χ1n) is 6.52. The van der Waals surface area contributed by atoms with E-state index < -0.39 is 0 Å². The fraction of sp³-hybridized carbons (Fsp3) is 0.429. The van der Waals surface area contributed by atoms with Crippen LogP contribution in [0.5, 0.6) is 5.75 Å². The second-order valence-corrected chi connectivity index (χ2v) is 7.08. The Balaban J connectivity index is 2.13. The highest BCUT2D eigenvalue weighted by molar-refractivity contribution is 8.02. The largest absolute Gasteiger partial charge is 0.507 e. The van der Waals surface area contributed by atoms with Gasteiger partial charge in [-0.25, -0.2) is 0 Å². The Kier molecular flexibility index (Phi) is 5.01. The summed E-state index contributed by atoms with van der Waals surface area (Å²) in [5, 5.41) is 10.2. The van der Waals surface area contributed by atoms with Crippen LogP contribution in [-0.4, -0.2) is 45.0 Å². The van der Waals surface area contributed by atoms with Gasteiger partial charge in [0.25, 0.3) is 5.91 Å². The summed E-state index contributed by atoms with van der Waals surface area (Å²) in [6, 6.07) is 4.47. The molecule has 1 aliphatic heterocycles. The van der Waals surface area contributed by atoms with Crippen LogP contribution >= 0.6 is 35.6 Å². The van der Waals surface area contributed by atoms with Crippen molar-refractivity contribution in [3.05, 3.63) is 28.8 Å². The van der Waals surface area contributed by atoms with Crippen molar-refractivity contribution in [2.75, 3.05) is 19.3 Å². The number of hydrogen-bond acceptors (Lipinski definition) is 4. The van der Waals surface area contributed by atoms with E-state index in [9.17, 15) is 9.90 Å². The average molecular weight is 345 g/mol. The lowest BCUT2D eigenvalue weighted by molar-refractivity contribution is 0.0716. The van der Waals surface area contributed by atoms with Crippen molar-refractivity contribution in [1.82, 2.24) is 4.90 Å². The number of piperidine rings is 1. The van der Waals surface area contributed by atoms with Crippen LogP contribution in [0.2, 0.25) is 5.02 Å². The zero-order valence-corrected chi connectivity index (χ0v) is 14.0. The molecule has 0 spiro atoms. The van der Waals surface area contributed by atoms with Crippen LogP contribution in [0.3, 0.4) is 0 Å². The van der Waals surface area contributed by atoms with Gasteiger partial charge in [0.1, 0.15) is 5.75 Å². The third kappa shape index (κ3) is 3.27. The Hall–Kier alpha value is -0.980. The number of rotatable bonds is 3. The summed E-state index contributed by atoms with van der Waals surface area (Å²) >= 11 is 12.7. The molecule has 21 heavy (non-hydrogen) atoms. The highest BCUT2D eigenvalue weighted by Gasteiger charge is 2.38. The first-order chi connectivity index (χ1) is 9.89. The number of hydrogen-bond donors (Lipinski definition) is 2. The fourth-order valence-electron chi connectivity index (χ4n) is 2.47. The summed E-state index contributed by atoms with van der Waals surface area (Å²) < 4.78 is -0.234. The maximum absolute atomic E-state index is 12.5. The van der Waals surface area contributed by atoms with Crippen molar-refractivity contribution < 1.29 is 9.90 Å². The highest BCUT2D eigenvalue weighted by atomic mass is 35.5. The minimum Gasteiger partial charge on any atom is -0.507 e. The predicted molar refractivity (Wildman–Crippen MR) is 91.3 cm³/mol. The first kappa shape index (κ1) is 16.4. The normalized spacial score (nSPS) is 17.5. The van der Waals surface area contributed by atoms with Crippen LogP contribution < -0.4 is 5.73 Å². The summed E-state index contributed by atoms with van der Waals surface area (Å²) in [5.74, 6) is -0.270. The minimum atomic E-state index is -0.234. The van der Waals surface area contributed by atoms with Gasteiger partial charge in [-0.05, 0) is 37.3 Å². The molecule has 1 heterocycles. The topological polar surface area (TPSA) is 66.6 Å². The van der Waals surface area contributed by atoms with E-state index in [4.69, 9.17) is 29.6 Å². The molecule has 1 amide bonds. The minimum absolute atomic E-state index is 0.0551. The van der Waals surface area contributed by atoms with Gasteiger partial charge < -0.3 is 15.7 Å². The molecule has 1 saturated heterocycles. The molecule has 1 fully saturated rings. The average Bonchev–Trinajstić information content (AvgIpc) is 2.49. The number of halogens is 1. The second-order valence-electron chi connectivity index (χ2n) is 5.02. The Morgan fingerprint density at radius 1 is 1.48 bits per heavy atom. The Labute approximate surface area is 138 Å². The molecule has 2 rings (SSSR count). The maximum Gasteiger partial charge on any atom is 0.257 e. The molecule has 4 nitrogen and oxygen atoms in total. The van der Waals surface area contributed by atoms with Crippen LogP contribution in [0.25, 0.3) is 0 Å². The zero-order chi connectivity index (χ0) is 15.6. The van der Waals surface area contributed by atoms with E-state index >= 15 is 0 Å². The number of carbonyl (C=O) groups excluding carboxylic acids is 1. The van der Waals surface area contributed by atoms with Gasteiger partial charge in [-0.2, -0.15) is 11.8 Å². The third-order valence-electron chi connectivity index (χ3n) is 3.89. The molecule has 1 aliphatic rings. The molecule has 1 aromatic carbocycles. The number of thiocarbonyl (C=S) groups is 1. The number of aromatic hydroxyl groups is 1. The molecule has 0 atom stereocenters. The number of carbonyl (C=O) groups is 1. The highest BCUT2D eigenvalue weighted by Crippen LogP contribution is 2.35. The number of phenolic OH excluding ortho intramolecular Hbond substituents is 1. The molecule has 0 aromatic heterocycles. The van der Waals surface area contributed by atoms with Crippen LogP contribution in [-0.2, 0) is 0 Å². The molecule has 0 bridgehead atoms. The lowest BCUT2D eigenvalue weighted by atomic mass is 9.95. The van der Waals surface area contributed by atoms with Gasteiger partial charge in [0.2, 0.25) is 0 Å². The number of phenols is 1. The van der Waals surface area contributed by atoms with Crippen LogP contribution in [0.15, 0.2) is 18.2 Å². The summed E-state index contributed by atoms with van der Waals surface area (Å²) in [6.45, 7) is 1.12. The fourth-order valence-corrected chi connectivity index (χ4v) is 3.89. The van der Waals surface area contributed by atoms with Gasteiger partial charge in [0.05, 0.1) is 15.3 Å². The van der Waals surface area contributed by atoms with Crippen molar-refractivity contribution in [3.8, 4) is 5.75 Å². The molecule has 1 aromatic rings. The molecule has 7 heteroatoms. The Morgan fingerprint density at radius 2 is 2.10 bits per heavy atom. The standard InChI is InChI=1S/C14H17ClN2O2S2/c1-21-14(13(16)20)4-6-17(7-5-14)12(19)10-8-9(15)2-3-11(10)18/h2-3,8,18H,4-7H2,1H3,(H2,16,20).